The van der Waals surface area contributed by atoms with Gasteiger partial charge in [-0.2, -0.15) is 13.5 Å². The van der Waals surface area contributed by atoms with Crippen LogP contribution in [0.3, 0.4) is 0 Å². The van der Waals surface area contributed by atoms with Crippen LogP contribution in [0.5, 0.6) is 0 Å². The molecule has 0 aromatic heterocycles. The van der Waals surface area contributed by atoms with Crippen LogP contribution in [0.1, 0.15) is 47.2 Å². The SMILES string of the molecule is O=C1Cc2ccccc2N(C(=O)N2CCN(C(=O)C3(c4ccccc4)CCCC3)C[C@H]2C(=O)O)c2ccccc21.S. The first-order valence-corrected chi connectivity index (χ1v) is 13.8. The summed E-state index contributed by atoms with van der Waals surface area (Å²) in [6.07, 6.45) is 3.47. The van der Waals surface area contributed by atoms with Crippen molar-refractivity contribution in [2.24, 2.45) is 0 Å². The fourth-order valence-corrected chi connectivity index (χ4v) is 6.59. The van der Waals surface area contributed by atoms with Gasteiger partial charge in [-0.25, -0.2) is 9.59 Å². The van der Waals surface area contributed by atoms with E-state index in [4.69, 9.17) is 0 Å². The van der Waals surface area contributed by atoms with Gasteiger partial charge in [0.2, 0.25) is 5.91 Å². The maximum atomic E-state index is 14.2. The number of urea groups is 1. The molecule has 41 heavy (non-hydrogen) atoms. The molecule has 1 saturated carbocycles. The van der Waals surface area contributed by atoms with E-state index in [2.05, 4.69) is 0 Å². The van der Waals surface area contributed by atoms with Gasteiger partial charge in [0, 0.05) is 25.1 Å². The largest absolute Gasteiger partial charge is 0.480 e. The number of anilines is 2. The van der Waals surface area contributed by atoms with Crippen molar-refractivity contribution in [2.45, 2.75) is 43.6 Å². The zero-order chi connectivity index (χ0) is 27.9. The molecule has 0 spiro atoms. The quantitative estimate of drug-likeness (QED) is 0.482. The molecule has 3 aromatic carbocycles. The van der Waals surface area contributed by atoms with Crippen LogP contribution in [0.25, 0.3) is 0 Å². The van der Waals surface area contributed by atoms with Crippen molar-refractivity contribution in [2.75, 3.05) is 24.5 Å². The number of carbonyl (C=O) groups is 4. The van der Waals surface area contributed by atoms with Crippen LogP contribution in [-0.2, 0) is 21.4 Å². The van der Waals surface area contributed by atoms with Gasteiger partial charge < -0.3 is 14.9 Å². The molecular formula is C32H33N3O5S. The standard InChI is InChI=1S/C32H31N3O5.H2S/c36-28-20-22-10-4-6-14-25(22)35(26-15-7-5-13-24(26)28)31(40)34-19-18-33(21-27(34)29(37)38)30(39)32(16-8-9-17-32)23-11-2-1-3-12-23;/h1-7,10-15,27H,8-9,16-21H2,(H,37,38);1H2/t27-;/m0./s1. The summed E-state index contributed by atoms with van der Waals surface area (Å²) in [7, 11) is 0. The predicted molar refractivity (Wildman–Crippen MR) is 160 cm³/mol. The highest BCUT2D eigenvalue weighted by atomic mass is 32.1. The molecule has 8 nitrogen and oxygen atoms in total. The van der Waals surface area contributed by atoms with Crippen LogP contribution in [0.2, 0.25) is 0 Å². The fourth-order valence-electron chi connectivity index (χ4n) is 6.59. The number of piperazine rings is 1. The number of hydrogen-bond donors (Lipinski definition) is 1. The van der Waals surface area contributed by atoms with Gasteiger partial charge in [0.25, 0.3) is 0 Å². The molecule has 0 unspecified atom stereocenters. The summed E-state index contributed by atoms with van der Waals surface area (Å²) in [5.74, 6) is -1.34. The van der Waals surface area contributed by atoms with Gasteiger partial charge in [-0.3, -0.25) is 14.5 Å². The van der Waals surface area contributed by atoms with Crippen LogP contribution in [-0.4, -0.2) is 64.3 Å². The lowest BCUT2D eigenvalue weighted by Crippen LogP contribution is -2.63. The Morgan fingerprint density at radius 2 is 1.44 bits per heavy atom. The van der Waals surface area contributed by atoms with Gasteiger partial charge in [-0.15, -0.1) is 0 Å². The number of carbonyl (C=O) groups excluding carboxylic acids is 3. The van der Waals surface area contributed by atoms with Gasteiger partial charge >= 0.3 is 12.0 Å². The molecule has 0 radical (unpaired) electrons. The Labute approximate surface area is 246 Å². The third-order valence-electron chi connectivity index (χ3n) is 8.61. The number of ketones is 1. The lowest BCUT2D eigenvalue weighted by molar-refractivity contribution is -0.148. The molecule has 6 rings (SSSR count). The van der Waals surface area contributed by atoms with Crippen molar-refractivity contribution in [3.8, 4) is 0 Å². The van der Waals surface area contributed by atoms with Crippen molar-refractivity contribution in [3.05, 3.63) is 95.6 Å². The molecule has 3 aromatic rings. The number of carboxylic acids is 1. The highest BCUT2D eigenvalue weighted by Crippen LogP contribution is 2.43. The zero-order valence-electron chi connectivity index (χ0n) is 22.7. The van der Waals surface area contributed by atoms with Crippen LogP contribution < -0.4 is 4.90 Å². The first-order chi connectivity index (χ1) is 19.4. The van der Waals surface area contributed by atoms with Crippen LogP contribution in [0.15, 0.2) is 78.9 Å². The second-order valence-electron chi connectivity index (χ2n) is 10.8. The molecule has 1 atom stereocenters. The number of rotatable bonds is 3. The molecule has 2 fully saturated rings. The summed E-state index contributed by atoms with van der Waals surface area (Å²) in [6, 6.07) is 22.1. The zero-order valence-corrected chi connectivity index (χ0v) is 23.7. The second kappa shape index (κ2) is 11.4. The summed E-state index contributed by atoms with van der Waals surface area (Å²) in [4.78, 5) is 58.4. The lowest BCUT2D eigenvalue weighted by atomic mass is 9.77. The minimum absolute atomic E-state index is 0. The van der Waals surface area contributed by atoms with E-state index in [9.17, 15) is 24.3 Å². The molecule has 3 aliphatic rings. The van der Waals surface area contributed by atoms with Gasteiger partial charge in [-0.1, -0.05) is 73.5 Å². The van der Waals surface area contributed by atoms with Crippen LogP contribution >= 0.6 is 13.5 Å². The van der Waals surface area contributed by atoms with E-state index in [1.807, 2.05) is 42.5 Å². The number of carboxylic acid groups (broad SMARTS) is 1. The average molecular weight is 572 g/mol. The van der Waals surface area contributed by atoms with Crippen molar-refractivity contribution in [3.63, 3.8) is 0 Å². The molecule has 212 valence electrons. The number of amides is 3. The molecule has 2 aliphatic heterocycles. The third kappa shape index (κ3) is 4.88. The Morgan fingerprint density at radius 1 is 0.805 bits per heavy atom. The van der Waals surface area contributed by atoms with E-state index >= 15 is 0 Å². The molecule has 1 N–H and O–H groups in total. The topological polar surface area (TPSA) is 98.2 Å². The van der Waals surface area contributed by atoms with Crippen molar-refractivity contribution < 1.29 is 24.3 Å². The monoisotopic (exact) mass is 571 g/mol. The Bertz CT molecular complexity index is 1490. The lowest BCUT2D eigenvalue weighted by Gasteiger charge is -2.44. The molecule has 1 aliphatic carbocycles. The number of hydrogen-bond acceptors (Lipinski definition) is 4. The average Bonchev–Trinajstić information content (AvgIpc) is 3.45. The fraction of sp³-hybridized carbons (Fsp3) is 0.312. The number of fused-ring (bicyclic) bond motifs is 2. The van der Waals surface area contributed by atoms with Crippen molar-refractivity contribution >= 4 is 48.6 Å². The van der Waals surface area contributed by atoms with E-state index in [-0.39, 0.29) is 51.2 Å². The first kappa shape index (κ1) is 28.4. The smallest absolute Gasteiger partial charge is 0.330 e. The maximum Gasteiger partial charge on any atom is 0.330 e. The molecule has 1 saturated heterocycles. The number of benzene rings is 3. The minimum Gasteiger partial charge on any atom is -0.480 e. The summed E-state index contributed by atoms with van der Waals surface area (Å²) in [6.45, 7) is 0.213. The Morgan fingerprint density at radius 3 is 2.15 bits per heavy atom. The Kier molecular flexibility index (Phi) is 7.91. The minimum atomic E-state index is -1.22. The highest BCUT2D eigenvalue weighted by molar-refractivity contribution is 7.59. The number of Topliss-reactive ketones (excluding diaryl/α,β-unsaturated/α-hetero) is 1. The van der Waals surface area contributed by atoms with Crippen molar-refractivity contribution in [1.82, 2.24) is 9.80 Å². The summed E-state index contributed by atoms with van der Waals surface area (Å²) in [5.41, 5.74) is 2.40. The Hall–Kier alpha value is -4.11. The van der Waals surface area contributed by atoms with E-state index in [0.717, 1.165) is 31.2 Å². The second-order valence-corrected chi connectivity index (χ2v) is 10.8. The summed E-state index contributed by atoms with van der Waals surface area (Å²) >= 11 is 0. The van der Waals surface area contributed by atoms with Gasteiger partial charge in [0.15, 0.2) is 5.78 Å². The molecular weight excluding hydrogens is 538 g/mol. The van der Waals surface area contributed by atoms with Crippen LogP contribution in [0, 0.1) is 0 Å². The Balaban J connectivity index is 0.00000337. The molecule has 3 amide bonds. The van der Waals surface area contributed by atoms with Gasteiger partial charge in [-0.05, 0) is 42.2 Å². The predicted octanol–water partition coefficient (Wildman–Crippen LogP) is 4.91. The van der Waals surface area contributed by atoms with Gasteiger partial charge in [0.05, 0.1) is 23.3 Å². The number of aliphatic carboxylic acids is 1. The highest BCUT2D eigenvalue weighted by Gasteiger charge is 2.48. The summed E-state index contributed by atoms with van der Waals surface area (Å²) < 4.78 is 0. The van der Waals surface area contributed by atoms with E-state index < -0.39 is 23.5 Å². The maximum absolute atomic E-state index is 14.2. The van der Waals surface area contributed by atoms with E-state index in [0.29, 0.717) is 22.5 Å². The third-order valence-corrected chi connectivity index (χ3v) is 8.61. The first-order valence-electron chi connectivity index (χ1n) is 13.8. The molecule has 2 heterocycles. The normalized spacial score (nSPS) is 19.5. The molecule has 0 bridgehead atoms. The van der Waals surface area contributed by atoms with E-state index in [1.54, 1.807) is 41.3 Å². The van der Waals surface area contributed by atoms with Crippen molar-refractivity contribution in [1.29, 1.82) is 0 Å². The number of nitrogens with zero attached hydrogens (tertiary/aromatic N) is 3. The van der Waals surface area contributed by atoms with Crippen LogP contribution in [0.4, 0.5) is 16.2 Å². The molecule has 9 heteroatoms. The van der Waals surface area contributed by atoms with Gasteiger partial charge in [0.1, 0.15) is 6.04 Å². The summed E-state index contributed by atoms with van der Waals surface area (Å²) in [5, 5.41) is 10.3. The number of para-hydroxylation sites is 2. The van der Waals surface area contributed by atoms with E-state index in [1.165, 1.54) is 9.80 Å².